The third-order valence-electron chi connectivity index (χ3n) is 5.35. The van der Waals surface area contributed by atoms with Crippen molar-refractivity contribution in [1.29, 1.82) is 0 Å². The molecule has 0 fully saturated rings. The molecule has 35 heavy (non-hydrogen) atoms. The lowest BCUT2D eigenvalue weighted by Crippen LogP contribution is -2.34. The van der Waals surface area contributed by atoms with Gasteiger partial charge in [-0.25, -0.2) is 9.37 Å². The number of rotatable bonds is 10. The Morgan fingerprint density at radius 3 is 2.43 bits per heavy atom. The number of nitrogens with one attached hydrogen (secondary N) is 2. The van der Waals surface area contributed by atoms with Crippen LogP contribution in [0.5, 0.6) is 0 Å². The van der Waals surface area contributed by atoms with Gasteiger partial charge < -0.3 is 15.7 Å². The number of benzene rings is 2. The highest BCUT2D eigenvalue weighted by Crippen LogP contribution is 2.20. The summed E-state index contributed by atoms with van der Waals surface area (Å²) in [6.45, 7) is 0.294. The van der Waals surface area contributed by atoms with Crippen molar-refractivity contribution in [3.05, 3.63) is 102 Å². The normalized spacial score (nSPS) is 11.7. The Bertz CT molecular complexity index is 1270. The quantitative estimate of drug-likeness (QED) is 0.324. The lowest BCUT2D eigenvalue weighted by Gasteiger charge is -2.19. The molecule has 3 N–H and O–H groups in total. The number of nitrogens with zero attached hydrogens (tertiary/aromatic N) is 3. The van der Waals surface area contributed by atoms with E-state index in [1.54, 1.807) is 42.9 Å². The van der Waals surface area contributed by atoms with Gasteiger partial charge in [0.1, 0.15) is 24.2 Å². The van der Waals surface area contributed by atoms with Crippen molar-refractivity contribution in [3.8, 4) is 11.1 Å². The van der Waals surface area contributed by atoms with Crippen LogP contribution in [0.4, 0.5) is 10.2 Å². The molecule has 178 valence electrons. The van der Waals surface area contributed by atoms with Gasteiger partial charge in [-0.2, -0.15) is 5.10 Å². The molecule has 0 radical (unpaired) electrons. The van der Waals surface area contributed by atoms with Gasteiger partial charge in [0.25, 0.3) is 0 Å². The van der Waals surface area contributed by atoms with Crippen molar-refractivity contribution >= 4 is 17.7 Å². The van der Waals surface area contributed by atoms with Crippen molar-refractivity contribution in [2.24, 2.45) is 0 Å². The zero-order valence-corrected chi connectivity index (χ0v) is 18.8. The van der Waals surface area contributed by atoms with Crippen molar-refractivity contribution in [3.63, 3.8) is 0 Å². The molecule has 0 aliphatic carbocycles. The van der Waals surface area contributed by atoms with Crippen LogP contribution >= 0.6 is 0 Å². The Morgan fingerprint density at radius 2 is 1.74 bits per heavy atom. The van der Waals surface area contributed by atoms with Crippen LogP contribution in [0.15, 0.2) is 85.3 Å². The minimum Gasteiger partial charge on any atom is -0.480 e. The van der Waals surface area contributed by atoms with Crippen LogP contribution in [-0.2, 0) is 22.6 Å². The summed E-state index contributed by atoms with van der Waals surface area (Å²) >= 11 is 0. The molecule has 0 spiro atoms. The first-order valence-electron chi connectivity index (χ1n) is 11.0. The average Bonchev–Trinajstić information content (AvgIpc) is 3.31. The largest absolute Gasteiger partial charge is 0.480 e. The van der Waals surface area contributed by atoms with Gasteiger partial charge in [0, 0.05) is 30.1 Å². The van der Waals surface area contributed by atoms with Crippen LogP contribution in [0, 0.1) is 5.82 Å². The molecule has 1 atom stereocenters. The molecule has 0 saturated carbocycles. The van der Waals surface area contributed by atoms with E-state index < -0.39 is 12.0 Å². The molecule has 0 saturated heterocycles. The van der Waals surface area contributed by atoms with Crippen LogP contribution in [0.3, 0.4) is 0 Å². The number of hydrogen-bond acceptors (Lipinski definition) is 5. The SMILES string of the molecule is O=C(O)Cn1cc(-c2ccc(NC(=O)[C@H](NCCc3ccc(F)cc3)c3ccccc3)nc2)cn1. The number of aromatic nitrogens is 3. The van der Waals surface area contributed by atoms with E-state index >= 15 is 0 Å². The van der Waals surface area contributed by atoms with E-state index in [9.17, 15) is 14.0 Å². The maximum atomic E-state index is 13.1. The topological polar surface area (TPSA) is 109 Å². The Hall–Kier alpha value is -4.37. The van der Waals surface area contributed by atoms with Crippen molar-refractivity contribution < 1.29 is 19.1 Å². The van der Waals surface area contributed by atoms with Gasteiger partial charge in [-0.15, -0.1) is 0 Å². The molecule has 0 aliphatic rings. The van der Waals surface area contributed by atoms with Crippen LogP contribution in [0.1, 0.15) is 17.2 Å². The first kappa shape index (κ1) is 23.8. The summed E-state index contributed by atoms with van der Waals surface area (Å²) in [4.78, 5) is 28.3. The Kier molecular flexibility index (Phi) is 7.59. The number of carboxylic acids is 1. The second-order valence-electron chi connectivity index (χ2n) is 7.92. The van der Waals surface area contributed by atoms with Gasteiger partial charge in [0.2, 0.25) is 5.91 Å². The van der Waals surface area contributed by atoms with E-state index in [1.165, 1.54) is 16.8 Å². The van der Waals surface area contributed by atoms with Gasteiger partial charge in [-0.1, -0.05) is 42.5 Å². The number of hydrogen-bond donors (Lipinski definition) is 3. The van der Waals surface area contributed by atoms with Crippen molar-refractivity contribution in [1.82, 2.24) is 20.1 Å². The fraction of sp³-hybridized carbons (Fsp3) is 0.154. The number of carboxylic acid groups (broad SMARTS) is 1. The van der Waals surface area contributed by atoms with Gasteiger partial charge >= 0.3 is 5.97 Å². The summed E-state index contributed by atoms with van der Waals surface area (Å²) in [7, 11) is 0. The maximum Gasteiger partial charge on any atom is 0.325 e. The third-order valence-corrected chi connectivity index (χ3v) is 5.35. The lowest BCUT2D eigenvalue weighted by molar-refractivity contribution is -0.137. The highest BCUT2D eigenvalue weighted by Gasteiger charge is 2.20. The third kappa shape index (κ3) is 6.58. The number of carbonyl (C=O) groups is 2. The van der Waals surface area contributed by atoms with E-state index in [0.717, 1.165) is 22.3 Å². The van der Waals surface area contributed by atoms with Gasteiger partial charge in [-0.05, 0) is 41.8 Å². The smallest absolute Gasteiger partial charge is 0.325 e. The first-order chi connectivity index (χ1) is 17.0. The second kappa shape index (κ2) is 11.2. The number of carbonyl (C=O) groups excluding carboxylic acids is 1. The Labute approximate surface area is 201 Å². The summed E-state index contributed by atoms with van der Waals surface area (Å²) in [6, 6.07) is 18.5. The predicted octanol–water partition coefficient (Wildman–Crippen LogP) is 3.68. The molecule has 8 nitrogen and oxygen atoms in total. The molecule has 4 aromatic rings. The number of amides is 1. The molecular weight excluding hydrogens is 449 g/mol. The molecular formula is C26H24FN5O3. The lowest BCUT2D eigenvalue weighted by atomic mass is 10.1. The molecule has 0 bridgehead atoms. The maximum absolute atomic E-state index is 13.1. The average molecular weight is 474 g/mol. The van der Waals surface area contributed by atoms with Crippen molar-refractivity contribution in [2.45, 2.75) is 19.0 Å². The van der Waals surface area contributed by atoms with E-state index in [1.807, 2.05) is 30.3 Å². The summed E-state index contributed by atoms with van der Waals surface area (Å²) < 4.78 is 14.5. The standard InChI is InChI=1S/C26H24FN5O3/c27-22-9-6-18(7-10-22)12-13-28-25(19-4-2-1-3-5-19)26(35)31-23-11-8-20(14-29-23)21-15-30-32(16-21)17-24(33)34/h1-11,14-16,25,28H,12-13,17H2,(H,33,34)(H,29,31,35)/t25-/m1/s1. The second-order valence-corrected chi connectivity index (χ2v) is 7.92. The summed E-state index contributed by atoms with van der Waals surface area (Å²) in [5, 5.41) is 19.0. The van der Waals surface area contributed by atoms with E-state index in [2.05, 4.69) is 20.7 Å². The molecule has 2 aromatic heterocycles. The zero-order chi connectivity index (χ0) is 24.6. The summed E-state index contributed by atoms with van der Waals surface area (Å²) in [6.07, 6.45) is 5.42. The Morgan fingerprint density at radius 1 is 0.971 bits per heavy atom. The predicted molar refractivity (Wildman–Crippen MR) is 129 cm³/mol. The zero-order valence-electron chi connectivity index (χ0n) is 18.8. The van der Waals surface area contributed by atoms with Crippen LogP contribution in [0.2, 0.25) is 0 Å². The van der Waals surface area contributed by atoms with E-state index in [-0.39, 0.29) is 18.3 Å². The molecule has 2 aromatic carbocycles. The molecule has 0 aliphatic heterocycles. The number of halogens is 1. The summed E-state index contributed by atoms with van der Waals surface area (Å²) in [5.74, 6) is -1.13. The monoisotopic (exact) mass is 473 g/mol. The fourth-order valence-corrected chi connectivity index (χ4v) is 3.59. The first-order valence-corrected chi connectivity index (χ1v) is 11.0. The minimum atomic E-state index is -0.977. The number of aliphatic carboxylic acids is 1. The highest BCUT2D eigenvalue weighted by atomic mass is 19.1. The highest BCUT2D eigenvalue weighted by molar-refractivity contribution is 5.95. The van der Waals surface area contributed by atoms with Crippen molar-refractivity contribution in [2.75, 3.05) is 11.9 Å². The van der Waals surface area contributed by atoms with Crippen LogP contribution < -0.4 is 10.6 Å². The van der Waals surface area contributed by atoms with Gasteiger partial charge in [-0.3, -0.25) is 14.3 Å². The van der Waals surface area contributed by atoms with E-state index in [4.69, 9.17) is 5.11 Å². The molecule has 1 amide bonds. The molecule has 0 unspecified atom stereocenters. The van der Waals surface area contributed by atoms with Crippen LogP contribution in [-0.4, -0.2) is 38.3 Å². The number of anilines is 1. The van der Waals surface area contributed by atoms with E-state index in [0.29, 0.717) is 18.8 Å². The Balaban J connectivity index is 1.41. The van der Waals surface area contributed by atoms with Gasteiger partial charge in [0.15, 0.2) is 0 Å². The minimum absolute atomic E-state index is 0.226. The van der Waals surface area contributed by atoms with Gasteiger partial charge in [0.05, 0.1) is 6.20 Å². The molecule has 4 rings (SSSR count). The molecule has 2 heterocycles. The van der Waals surface area contributed by atoms with Crippen LogP contribution in [0.25, 0.3) is 11.1 Å². The summed E-state index contributed by atoms with van der Waals surface area (Å²) in [5.41, 5.74) is 3.25. The molecule has 9 heteroatoms. The number of pyridine rings is 1. The fourth-order valence-electron chi connectivity index (χ4n) is 3.59.